The van der Waals surface area contributed by atoms with E-state index in [9.17, 15) is 18.0 Å². The number of hydrogen-bond acceptors (Lipinski definition) is 6. The Kier molecular flexibility index (Phi) is 7.02. The molecule has 1 amide bonds. The monoisotopic (exact) mass is 398 g/mol. The molecule has 0 unspecified atom stereocenters. The van der Waals surface area contributed by atoms with E-state index in [1.165, 1.54) is 12.3 Å². The standard InChI is InChI=1S/C18H21F3N4O3/c1-4-27-14-6-12(9-24-17(14)28-10-18(19,20)21)8-23-16(26)13-5-11(2)25-15(7-13)22-3/h5-7,9H,4,8,10H2,1-3H3,(H,22,25)(H,23,26). The van der Waals surface area contributed by atoms with Crippen LogP contribution in [0.25, 0.3) is 0 Å². The zero-order valence-corrected chi connectivity index (χ0v) is 15.7. The number of aromatic nitrogens is 2. The van der Waals surface area contributed by atoms with Gasteiger partial charge in [-0.3, -0.25) is 4.79 Å². The van der Waals surface area contributed by atoms with Gasteiger partial charge < -0.3 is 20.1 Å². The smallest absolute Gasteiger partial charge is 0.422 e. The summed E-state index contributed by atoms with van der Waals surface area (Å²) in [7, 11) is 1.70. The second-order valence-electron chi connectivity index (χ2n) is 5.80. The molecule has 10 heteroatoms. The topological polar surface area (TPSA) is 85.4 Å². The third kappa shape index (κ3) is 6.29. The summed E-state index contributed by atoms with van der Waals surface area (Å²) < 4.78 is 47.0. The van der Waals surface area contributed by atoms with Crippen molar-refractivity contribution in [3.8, 4) is 11.6 Å². The zero-order chi connectivity index (χ0) is 20.7. The molecule has 28 heavy (non-hydrogen) atoms. The Morgan fingerprint density at radius 2 is 1.96 bits per heavy atom. The number of carbonyl (C=O) groups excluding carboxylic acids is 1. The molecule has 2 aromatic rings. The van der Waals surface area contributed by atoms with Gasteiger partial charge in [-0.1, -0.05) is 0 Å². The summed E-state index contributed by atoms with van der Waals surface area (Å²) in [4.78, 5) is 20.5. The Bertz CT molecular complexity index is 828. The molecule has 0 bridgehead atoms. The number of amides is 1. The highest BCUT2D eigenvalue weighted by Gasteiger charge is 2.29. The Hall–Kier alpha value is -3.04. The Balaban J connectivity index is 2.08. The molecule has 2 rings (SSSR count). The maximum absolute atomic E-state index is 12.4. The lowest BCUT2D eigenvalue weighted by Gasteiger charge is -2.14. The Labute approximate surface area is 160 Å². The molecule has 0 radical (unpaired) electrons. The minimum absolute atomic E-state index is 0.0794. The van der Waals surface area contributed by atoms with Gasteiger partial charge in [-0.2, -0.15) is 13.2 Å². The van der Waals surface area contributed by atoms with Crippen LogP contribution in [-0.2, 0) is 6.54 Å². The van der Waals surface area contributed by atoms with E-state index in [4.69, 9.17) is 4.74 Å². The van der Waals surface area contributed by atoms with Crippen molar-refractivity contribution in [1.82, 2.24) is 15.3 Å². The van der Waals surface area contributed by atoms with Crippen LogP contribution in [0.1, 0.15) is 28.5 Å². The normalized spacial score (nSPS) is 11.1. The van der Waals surface area contributed by atoms with Crippen LogP contribution >= 0.6 is 0 Å². The quantitative estimate of drug-likeness (QED) is 0.711. The summed E-state index contributed by atoms with van der Waals surface area (Å²) in [5.41, 5.74) is 1.67. The van der Waals surface area contributed by atoms with Crippen LogP contribution in [0, 0.1) is 6.92 Å². The molecule has 0 atom stereocenters. The summed E-state index contributed by atoms with van der Waals surface area (Å²) in [6.45, 7) is 2.33. The second kappa shape index (κ2) is 9.25. The molecule has 0 aliphatic rings. The van der Waals surface area contributed by atoms with E-state index in [1.807, 2.05) is 0 Å². The van der Waals surface area contributed by atoms with Crippen LogP contribution in [0.5, 0.6) is 11.6 Å². The van der Waals surface area contributed by atoms with Gasteiger partial charge in [-0.05, 0) is 37.6 Å². The van der Waals surface area contributed by atoms with Crippen LogP contribution in [0.15, 0.2) is 24.4 Å². The second-order valence-corrected chi connectivity index (χ2v) is 5.80. The predicted molar refractivity (Wildman–Crippen MR) is 96.6 cm³/mol. The highest BCUT2D eigenvalue weighted by molar-refractivity contribution is 5.94. The van der Waals surface area contributed by atoms with Crippen molar-refractivity contribution in [3.05, 3.63) is 41.2 Å². The summed E-state index contributed by atoms with van der Waals surface area (Å²) in [6, 6.07) is 4.74. The van der Waals surface area contributed by atoms with E-state index in [0.29, 0.717) is 22.6 Å². The molecule has 0 spiro atoms. The van der Waals surface area contributed by atoms with Crippen LogP contribution in [-0.4, -0.2) is 42.3 Å². The minimum Gasteiger partial charge on any atom is -0.488 e. The SMILES string of the molecule is CCOc1cc(CNC(=O)c2cc(C)nc(NC)c2)cnc1OCC(F)(F)F. The number of carbonyl (C=O) groups is 1. The maximum Gasteiger partial charge on any atom is 0.422 e. The zero-order valence-electron chi connectivity index (χ0n) is 15.7. The summed E-state index contributed by atoms with van der Waals surface area (Å²) in [6.07, 6.45) is -3.15. The van der Waals surface area contributed by atoms with E-state index >= 15 is 0 Å². The first-order valence-corrected chi connectivity index (χ1v) is 8.47. The molecule has 2 aromatic heterocycles. The van der Waals surface area contributed by atoms with Crippen molar-refractivity contribution in [3.63, 3.8) is 0 Å². The molecule has 0 saturated carbocycles. The number of pyridine rings is 2. The molecular formula is C18H21F3N4O3. The van der Waals surface area contributed by atoms with Gasteiger partial charge in [0.1, 0.15) is 5.82 Å². The molecule has 0 saturated heterocycles. The lowest BCUT2D eigenvalue weighted by Crippen LogP contribution is -2.23. The van der Waals surface area contributed by atoms with E-state index in [1.54, 1.807) is 33.0 Å². The first-order valence-electron chi connectivity index (χ1n) is 8.47. The lowest BCUT2D eigenvalue weighted by molar-refractivity contribution is -0.154. The van der Waals surface area contributed by atoms with Crippen molar-refractivity contribution < 1.29 is 27.4 Å². The first-order chi connectivity index (χ1) is 13.2. The number of rotatable bonds is 8. The third-order valence-corrected chi connectivity index (χ3v) is 3.47. The fraction of sp³-hybridized carbons (Fsp3) is 0.389. The van der Waals surface area contributed by atoms with Crippen LogP contribution in [0.4, 0.5) is 19.0 Å². The number of nitrogens with zero attached hydrogens (tertiary/aromatic N) is 2. The van der Waals surface area contributed by atoms with E-state index in [2.05, 4.69) is 25.3 Å². The van der Waals surface area contributed by atoms with E-state index < -0.39 is 12.8 Å². The van der Waals surface area contributed by atoms with Gasteiger partial charge in [0.15, 0.2) is 12.4 Å². The fourth-order valence-corrected chi connectivity index (χ4v) is 2.30. The molecule has 0 aromatic carbocycles. The largest absolute Gasteiger partial charge is 0.488 e. The molecule has 152 valence electrons. The maximum atomic E-state index is 12.4. The van der Waals surface area contributed by atoms with E-state index in [0.717, 1.165) is 0 Å². The molecule has 2 heterocycles. The van der Waals surface area contributed by atoms with Crippen molar-refractivity contribution in [2.45, 2.75) is 26.6 Å². The Morgan fingerprint density at radius 1 is 1.21 bits per heavy atom. The summed E-state index contributed by atoms with van der Waals surface area (Å²) >= 11 is 0. The number of anilines is 1. The van der Waals surface area contributed by atoms with Crippen LogP contribution in [0.2, 0.25) is 0 Å². The van der Waals surface area contributed by atoms with Gasteiger partial charge in [-0.25, -0.2) is 9.97 Å². The van der Waals surface area contributed by atoms with Gasteiger partial charge in [0.25, 0.3) is 11.8 Å². The number of aryl methyl sites for hydroxylation is 1. The fourth-order valence-electron chi connectivity index (χ4n) is 2.30. The Morgan fingerprint density at radius 3 is 2.61 bits per heavy atom. The number of hydrogen-bond donors (Lipinski definition) is 2. The number of halogens is 3. The molecule has 0 fully saturated rings. The van der Waals surface area contributed by atoms with Gasteiger partial charge in [-0.15, -0.1) is 0 Å². The molecule has 0 aliphatic carbocycles. The van der Waals surface area contributed by atoms with Crippen molar-refractivity contribution >= 4 is 11.7 Å². The van der Waals surface area contributed by atoms with Gasteiger partial charge in [0, 0.05) is 31.0 Å². The number of alkyl halides is 3. The number of nitrogens with one attached hydrogen (secondary N) is 2. The predicted octanol–water partition coefficient (Wildman–Crippen LogP) is 3.10. The molecule has 2 N–H and O–H groups in total. The van der Waals surface area contributed by atoms with E-state index in [-0.39, 0.29) is 30.7 Å². The molecule has 0 aliphatic heterocycles. The lowest BCUT2D eigenvalue weighted by atomic mass is 10.2. The van der Waals surface area contributed by atoms with Crippen molar-refractivity contribution in [1.29, 1.82) is 0 Å². The number of ether oxygens (including phenoxy) is 2. The minimum atomic E-state index is -4.48. The highest BCUT2D eigenvalue weighted by Crippen LogP contribution is 2.27. The summed E-state index contributed by atoms with van der Waals surface area (Å²) in [5, 5.41) is 5.60. The average Bonchev–Trinajstić information content (AvgIpc) is 2.64. The molecule has 7 nitrogen and oxygen atoms in total. The summed E-state index contributed by atoms with van der Waals surface area (Å²) in [5.74, 6) is 0.0716. The highest BCUT2D eigenvalue weighted by atomic mass is 19.4. The van der Waals surface area contributed by atoms with Gasteiger partial charge >= 0.3 is 6.18 Å². The van der Waals surface area contributed by atoms with Crippen molar-refractivity contribution in [2.24, 2.45) is 0 Å². The van der Waals surface area contributed by atoms with Gasteiger partial charge in [0.05, 0.1) is 6.61 Å². The van der Waals surface area contributed by atoms with Gasteiger partial charge in [0.2, 0.25) is 0 Å². The van der Waals surface area contributed by atoms with Crippen LogP contribution < -0.4 is 20.1 Å². The van der Waals surface area contributed by atoms with Crippen LogP contribution in [0.3, 0.4) is 0 Å². The third-order valence-electron chi connectivity index (χ3n) is 3.47. The average molecular weight is 398 g/mol. The van der Waals surface area contributed by atoms with Crippen molar-refractivity contribution in [2.75, 3.05) is 25.6 Å². The first kappa shape index (κ1) is 21.3. The molecular weight excluding hydrogens is 377 g/mol.